The number of anilines is 1. The Balaban J connectivity index is 0.00000196. The molecule has 0 amide bonds. The number of hydrogen-bond donors (Lipinski definition) is 3. The molecule has 5 nitrogen and oxygen atoms in total. The SMILES string of the molecule is COc1cc(N)c(C(=N)N)cc1OC.Cl. The third kappa shape index (κ3) is 2.66. The molecule has 5 N–H and O–H groups in total. The molecule has 0 bridgehead atoms. The molecule has 0 spiro atoms. The number of halogens is 1. The van der Waals surface area contributed by atoms with Crippen LogP contribution in [0.4, 0.5) is 5.69 Å². The summed E-state index contributed by atoms with van der Waals surface area (Å²) in [6.07, 6.45) is 0. The van der Waals surface area contributed by atoms with E-state index >= 15 is 0 Å². The smallest absolute Gasteiger partial charge is 0.162 e. The van der Waals surface area contributed by atoms with Crippen LogP contribution in [0.2, 0.25) is 0 Å². The van der Waals surface area contributed by atoms with Gasteiger partial charge in [0.15, 0.2) is 11.5 Å². The quantitative estimate of drug-likeness (QED) is 0.411. The number of hydrogen-bond acceptors (Lipinski definition) is 4. The molecule has 1 rings (SSSR count). The maximum atomic E-state index is 7.28. The van der Waals surface area contributed by atoms with Crippen molar-refractivity contribution in [2.75, 3.05) is 20.0 Å². The molecule has 0 radical (unpaired) electrons. The number of nitrogens with two attached hydrogens (primary N) is 2. The predicted molar refractivity (Wildman–Crippen MR) is 62.2 cm³/mol. The highest BCUT2D eigenvalue weighted by Gasteiger charge is 2.10. The number of rotatable bonds is 3. The maximum Gasteiger partial charge on any atom is 0.162 e. The molecule has 1 aromatic rings. The van der Waals surface area contributed by atoms with Gasteiger partial charge in [0.05, 0.1) is 14.2 Å². The molecular formula is C9H14ClN3O2. The average molecular weight is 232 g/mol. The molecule has 6 heteroatoms. The topological polar surface area (TPSA) is 94.4 Å². The van der Waals surface area contributed by atoms with Crippen LogP contribution < -0.4 is 20.9 Å². The first-order chi connectivity index (χ1) is 6.60. The highest BCUT2D eigenvalue weighted by molar-refractivity contribution is 6.00. The summed E-state index contributed by atoms with van der Waals surface area (Å²) in [6, 6.07) is 3.16. The molecule has 15 heavy (non-hydrogen) atoms. The Morgan fingerprint density at radius 1 is 1.20 bits per heavy atom. The van der Waals surface area contributed by atoms with Gasteiger partial charge in [-0.3, -0.25) is 5.41 Å². The summed E-state index contributed by atoms with van der Waals surface area (Å²) in [7, 11) is 3.03. The number of ether oxygens (including phenoxy) is 2. The van der Waals surface area contributed by atoms with E-state index in [2.05, 4.69) is 0 Å². The minimum absolute atomic E-state index is 0. The maximum absolute atomic E-state index is 7.28. The van der Waals surface area contributed by atoms with E-state index in [4.69, 9.17) is 26.4 Å². The van der Waals surface area contributed by atoms with Crippen molar-refractivity contribution < 1.29 is 9.47 Å². The predicted octanol–water partition coefficient (Wildman–Crippen LogP) is 0.992. The van der Waals surface area contributed by atoms with E-state index in [9.17, 15) is 0 Å². The van der Waals surface area contributed by atoms with Crippen LogP contribution in [-0.2, 0) is 0 Å². The van der Waals surface area contributed by atoms with Crippen LogP contribution in [0.3, 0.4) is 0 Å². The Kier molecular flexibility index (Phi) is 4.73. The van der Waals surface area contributed by atoms with Crippen molar-refractivity contribution in [2.24, 2.45) is 5.73 Å². The largest absolute Gasteiger partial charge is 0.493 e. The van der Waals surface area contributed by atoms with E-state index in [1.165, 1.54) is 14.2 Å². The van der Waals surface area contributed by atoms with Crippen LogP contribution in [0.1, 0.15) is 5.56 Å². The van der Waals surface area contributed by atoms with E-state index in [1.807, 2.05) is 0 Å². The molecule has 1 aromatic carbocycles. The van der Waals surface area contributed by atoms with E-state index in [0.717, 1.165) is 0 Å². The van der Waals surface area contributed by atoms with E-state index in [1.54, 1.807) is 12.1 Å². The lowest BCUT2D eigenvalue weighted by atomic mass is 10.1. The van der Waals surface area contributed by atoms with Crippen molar-refractivity contribution in [2.45, 2.75) is 0 Å². The van der Waals surface area contributed by atoms with Crippen molar-refractivity contribution in [3.8, 4) is 11.5 Å². The van der Waals surface area contributed by atoms with E-state index < -0.39 is 0 Å². The van der Waals surface area contributed by atoms with Crippen molar-refractivity contribution in [3.63, 3.8) is 0 Å². The first kappa shape index (κ1) is 13.4. The van der Waals surface area contributed by atoms with Gasteiger partial charge in [-0.25, -0.2) is 0 Å². The zero-order valence-electron chi connectivity index (χ0n) is 8.53. The lowest BCUT2D eigenvalue weighted by molar-refractivity contribution is 0.355. The first-order valence-electron chi connectivity index (χ1n) is 3.96. The second-order valence-corrected chi connectivity index (χ2v) is 2.71. The minimum atomic E-state index is -0.0940. The Morgan fingerprint density at radius 2 is 1.67 bits per heavy atom. The highest BCUT2D eigenvalue weighted by Crippen LogP contribution is 2.31. The number of methoxy groups -OCH3 is 2. The van der Waals surface area contributed by atoms with Crippen molar-refractivity contribution >= 4 is 23.9 Å². The summed E-state index contributed by atoms with van der Waals surface area (Å²) in [6.45, 7) is 0. The number of amidine groups is 1. The van der Waals surface area contributed by atoms with Gasteiger partial charge in [-0.05, 0) is 6.07 Å². The van der Waals surface area contributed by atoms with Crippen LogP contribution in [-0.4, -0.2) is 20.1 Å². The Bertz CT molecular complexity index is 369. The van der Waals surface area contributed by atoms with Crippen molar-refractivity contribution in [1.29, 1.82) is 5.41 Å². The summed E-state index contributed by atoms with van der Waals surface area (Å²) < 4.78 is 10.1. The molecule has 0 aliphatic rings. The molecule has 0 unspecified atom stereocenters. The number of nitrogen functional groups attached to an aromatic ring is 2. The highest BCUT2D eigenvalue weighted by atomic mass is 35.5. The zero-order valence-corrected chi connectivity index (χ0v) is 9.35. The average Bonchev–Trinajstić information content (AvgIpc) is 2.16. The standard InChI is InChI=1S/C9H13N3O2.ClH/c1-13-7-3-5(9(11)12)6(10)4-8(7)14-2;/h3-4H,10H2,1-2H3,(H3,11,12);1H. The number of nitrogens with one attached hydrogen (secondary N) is 1. The minimum Gasteiger partial charge on any atom is -0.493 e. The van der Waals surface area contributed by atoms with Crippen molar-refractivity contribution in [1.82, 2.24) is 0 Å². The first-order valence-corrected chi connectivity index (χ1v) is 3.96. The van der Waals surface area contributed by atoms with Crippen LogP contribution in [0.25, 0.3) is 0 Å². The van der Waals surface area contributed by atoms with Gasteiger partial charge in [-0.2, -0.15) is 0 Å². The lowest BCUT2D eigenvalue weighted by Crippen LogP contribution is -2.13. The van der Waals surface area contributed by atoms with Gasteiger partial charge in [-0.1, -0.05) is 0 Å². The fourth-order valence-electron chi connectivity index (χ4n) is 1.13. The normalized spacial score (nSPS) is 8.93. The second kappa shape index (κ2) is 5.31. The van der Waals surface area contributed by atoms with Crippen LogP contribution in [0.5, 0.6) is 11.5 Å². The Hall–Kier alpha value is -1.62. The van der Waals surface area contributed by atoms with Gasteiger partial charge in [0, 0.05) is 17.3 Å². The van der Waals surface area contributed by atoms with Gasteiger partial charge in [0.1, 0.15) is 5.84 Å². The van der Waals surface area contributed by atoms with Crippen LogP contribution in [0.15, 0.2) is 12.1 Å². The Labute approximate surface area is 94.3 Å². The summed E-state index contributed by atoms with van der Waals surface area (Å²) in [4.78, 5) is 0. The molecule has 0 heterocycles. The van der Waals surface area contributed by atoms with Gasteiger partial charge < -0.3 is 20.9 Å². The van der Waals surface area contributed by atoms with Crippen molar-refractivity contribution in [3.05, 3.63) is 17.7 Å². The summed E-state index contributed by atoms with van der Waals surface area (Å²) in [5.41, 5.74) is 11.8. The zero-order chi connectivity index (χ0) is 10.7. The summed E-state index contributed by atoms with van der Waals surface area (Å²) >= 11 is 0. The fraction of sp³-hybridized carbons (Fsp3) is 0.222. The van der Waals surface area contributed by atoms with Gasteiger partial charge in [-0.15, -0.1) is 12.4 Å². The fourth-order valence-corrected chi connectivity index (χ4v) is 1.13. The van der Waals surface area contributed by atoms with Gasteiger partial charge in [0.2, 0.25) is 0 Å². The van der Waals surface area contributed by atoms with Gasteiger partial charge >= 0.3 is 0 Å². The summed E-state index contributed by atoms with van der Waals surface area (Å²) in [5, 5.41) is 7.28. The lowest BCUT2D eigenvalue weighted by Gasteiger charge is -2.11. The summed E-state index contributed by atoms with van der Waals surface area (Å²) in [5.74, 6) is 0.936. The van der Waals surface area contributed by atoms with Crippen LogP contribution >= 0.6 is 12.4 Å². The molecule has 0 saturated carbocycles. The monoisotopic (exact) mass is 231 g/mol. The van der Waals surface area contributed by atoms with E-state index in [-0.39, 0.29) is 18.2 Å². The second-order valence-electron chi connectivity index (χ2n) is 2.71. The van der Waals surface area contributed by atoms with Crippen LogP contribution in [0, 0.1) is 5.41 Å². The third-order valence-electron chi connectivity index (χ3n) is 1.85. The molecule has 0 aliphatic carbocycles. The molecule has 0 aliphatic heterocycles. The molecule has 0 atom stereocenters. The third-order valence-corrected chi connectivity index (χ3v) is 1.85. The molecule has 0 aromatic heterocycles. The molecule has 0 saturated heterocycles. The molecule has 0 fully saturated rings. The molecular weight excluding hydrogens is 218 g/mol. The Morgan fingerprint density at radius 3 is 2.07 bits per heavy atom. The molecule has 84 valence electrons. The van der Waals surface area contributed by atoms with E-state index in [0.29, 0.717) is 22.7 Å². The van der Waals surface area contributed by atoms with Gasteiger partial charge in [0.25, 0.3) is 0 Å². The number of benzene rings is 1.